The van der Waals surface area contributed by atoms with Gasteiger partial charge in [0.05, 0.1) is 7.11 Å². The van der Waals surface area contributed by atoms with E-state index in [1.165, 1.54) is 12.1 Å². The van der Waals surface area contributed by atoms with Gasteiger partial charge in [0, 0.05) is 0 Å². The van der Waals surface area contributed by atoms with Crippen LogP contribution in [0.1, 0.15) is 10.4 Å². The van der Waals surface area contributed by atoms with Crippen molar-refractivity contribution in [1.82, 2.24) is 0 Å². The summed E-state index contributed by atoms with van der Waals surface area (Å²) in [5.41, 5.74) is -0.548. The normalized spacial score (nSPS) is 11.2. The first-order valence-electron chi connectivity index (χ1n) is 6.15. The van der Waals surface area contributed by atoms with Crippen LogP contribution in [0.5, 0.6) is 5.75 Å². The van der Waals surface area contributed by atoms with Crippen LogP contribution in [0, 0.1) is 11.6 Å². The molecule has 0 heterocycles. The molecule has 0 radical (unpaired) electrons. The van der Waals surface area contributed by atoms with Gasteiger partial charge in [-0.15, -0.1) is 13.2 Å². The van der Waals surface area contributed by atoms with Gasteiger partial charge in [0.25, 0.3) is 0 Å². The molecule has 2 aromatic carbocycles. The van der Waals surface area contributed by atoms with Crippen LogP contribution in [0.2, 0.25) is 0 Å². The van der Waals surface area contributed by atoms with Crippen molar-refractivity contribution in [3.05, 3.63) is 53.6 Å². The van der Waals surface area contributed by atoms with Gasteiger partial charge in [-0.1, -0.05) is 12.1 Å². The molecule has 2 aromatic rings. The second-order valence-corrected chi connectivity index (χ2v) is 4.38. The van der Waals surface area contributed by atoms with Gasteiger partial charge < -0.3 is 9.47 Å². The lowest BCUT2D eigenvalue weighted by Crippen LogP contribution is -2.16. The lowest BCUT2D eigenvalue weighted by molar-refractivity contribution is -0.274. The molecule has 0 amide bonds. The number of carbonyl (C=O) groups excluding carboxylic acids is 1. The monoisotopic (exact) mass is 332 g/mol. The third kappa shape index (κ3) is 3.97. The predicted octanol–water partition coefficient (Wildman–Crippen LogP) is 4.32. The van der Waals surface area contributed by atoms with Gasteiger partial charge in [-0.2, -0.15) is 0 Å². The minimum atomic E-state index is -4.83. The summed E-state index contributed by atoms with van der Waals surface area (Å²) in [5, 5.41) is 0. The third-order valence-electron chi connectivity index (χ3n) is 2.85. The summed E-state index contributed by atoms with van der Waals surface area (Å²) in [6.45, 7) is 0. The number of methoxy groups -OCH3 is 1. The van der Waals surface area contributed by atoms with E-state index < -0.39 is 35.3 Å². The molecule has 0 aromatic heterocycles. The van der Waals surface area contributed by atoms with Gasteiger partial charge in [0.15, 0.2) is 0 Å². The molecule has 0 unspecified atom stereocenters. The summed E-state index contributed by atoms with van der Waals surface area (Å²) in [7, 11) is 0.981. The van der Waals surface area contributed by atoms with Crippen LogP contribution in [0.15, 0.2) is 36.4 Å². The van der Waals surface area contributed by atoms with E-state index in [4.69, 9.17) is 0 Å². The number of hydrogen-bond donors (Lipinski definition) is 0. The van der Waals surface area contributed by atoms with Crippen LogP contribution in [0.4, 0.5) is 22.0 Å². The molecule has 0 saturated heterocycles. The molecule has 0 aliphatic rings. The van der Waals surface area contributed by atoms with E-state index in [1.807, 2.05) is 0 Å². The standard InChI is InChI=1S/C15H9F5O3/c1-22-14(21)13-11(16)6-9(7-12(13)17)8-2-4-10(5-3-8)23-15(18,19)20/h2-7H,1H3. The summed E-state index contributed by atoms with van der Waals surface area (Å²) >= 11 is 0. The molecule has 0 aliphatic heterocycles. The summed E-state index contributed by atoms with van der Waals surface area (Å²) in [4.78, 5) is 11.3. The van der Waals surface area contributed by atoms with Gasteiger partial charge in [-0.25, -0.2) is 13.6 Å². The highest BCUT2D eigenvalue weighted by Gasteiger charge is 2.31. The molecule has 0 atom stereocenters. The zero-order chi connectivity index (χ0) is 17.2. The molecule has 8 heteroatoms. The molecule has 0 N–H and O–H groups in total. The maximum atomic E-state index is 13.8. The highest BCUT2D eigenvalue weighted by Crippen LogP contribution is 2.28. The molecule has 2 rings (SSSR count). The Hall–Kier alpha value is -2.64. The minimum Gasteiger partial charge on any atom is -0.465 e. The summed E-state index contributed by atoms with van der Waals surface area (Å²) in [6, 6.07) is 6.18. The van der Waals surface area contributed by atoms with Crippen LogP contribution in [-0.2, 0) is 4.74 Å². The Morgan fingerprint density at radius 2 is 1.48 bits per heavy atom. The number of ether oxygens (including phenoxy) is 2. The molecule has 0 spiro atoms. The van der Waals surface area contributed by atoms with Gasteiger partial charge in [-0.05, 0) is 35.4 Å². The SMILES string of the molecule is COC(=O)c1c(F)cc(-c2ccc(OC(F)(F)F)cc2)cc1F. The fraction of sp³-hybridized carbons (Fsp3) is 0.133. The smallest absolute Gasteiger partial charge is 0.465 e. The van der Waals surface area contributed by atoms with Crippen LogP contribution < -0.4 is 4.74 Å². The van der Waals surface area contributed by atoms with Crippen molar-refractivity contribution in [2.45, 2.75) is 6.36 Å². The second-order valence-electron chi connectivity index (χ2n) is 4.38. The Balaban J connectivity index is 2.34. The Labute approximate surface area is 127 Å². The van der Waals surface area contributed by atoms with E-state index in [2.05, 4.69) is 9.47 Å². The first kappa shape index (κ1) is 16.7. The number of carbonyl (C=O) groups is 1. The average molecular weight is 332 g/mol. The van der Waals surface area contributed by atoms with E-state index in [1.54, 1.807) is 0 Å². The van der Waals surface area contributed by atoms with Crippen LogP contribution in [0.3, 0.4) is 0 Å². The predicted molar refractivity (Wildman–Crippen MR) is 69.8 cm³/mol. The van der Waals surface area contributed by atoms with Crippen molar-refractivity contribution in [3.63, 3.8) is 0 Å². The number of benzene rings is 2. The zero-order valence-corrected chi connectivity index (χ0v) is 11.6. The topological polar surface area (TPSA) is 35.5 Å². The molecule has 23 heavy (non-hydrogen) atoms. The quantitative estimate of drug-likeness (QED) is 0.620. The van der Waals surface area contributed by atoms with Gasteiger partial charge in [-0.3, -0.25) is 0 Å². The molecular weight excluding hydrogens is 323 g/mol. The van der Waals surface area contributed by atoms with Crippen molar-refractivity contribution in [2.24, 2.45) is 0 Å². The number of hydrogen-bond acceptors (Lipinski definition) is 3. The summed E-state index contributed by atoms with van der Waals surface area (Å²) < 4.78 is 71.8. The highest BCUT2D eigenvalue weighted by atomic mass is 19.4. The number of alkyl halides is 3. The van der Waals surface area contributed by atoms with Crippen molar-refractivity contribution < 1.29 is 36.2 Å². The van der Waals surface area contributed by atoms with Crippen LogP contribution in [-0.4, -0.2) is 19.4 Å². The Kier molecular flexibility index (Phi) is 4.53. The fourth-order valence-electron chi connectivity index (χ4n) is 1.89. The van der Waals surface area contributed by atoms with Gasteiger partial charge in [0.1, 0.15) is 22.9 Å². The molecular formula is C15H9F5O3. The van der Waals surface area contributed by atoms with Crippen molar-refractivity contribution in [3.8, 4) is 16.9 Å². The van der Waals surface area contributed by atoms with Gasteiger partial charge in [0.2, 0.25) is 0 Å². The van der Waals surface area contributed by atoms with E-state index in [0.29, 0.717) is 0 Å². The lowest BCUT2D eigenvalue weighted by atomic mass is 10.0. The zero-order valence-electron chi connectivity index (χ0n) is 11.6. The Morgan fingerprint density at radius 3 is 1.91 bits per heavy atom. The fourth-order valence-corrected chi connectivity index (χ4v) is 1.89. The van der Waals surface area contributed by atoms with Crippen molar-refractivity contribution in [1.29, 1.82) is 0 Å². The van der Waals surface area contributed by atoms with Crippen LogP contribution in [0.25, 0.3) is 11.1 Å². The van der Waals surface area contributed by atoms with Crippen LogP contribution >= 0.6 is 0 Å². The molecule has 3 nitrogen and oxygen atoms in total. The maximum absolute atomic E-state index is 13.8. The van der Waals surface area contributed by atoms with Crippen molar-refractivity contribution >= 4 is 5.97 Å². The minimum absolute atomic E-state index is 0.0474. The molecule has 122 valence electrons. The molecule has 0 aliphatic carbocycles. The molecule has 0 fully saturated rings. The van der Waals surface area contributed by atoms with E-state index >= 15 is 0 Å². The number of rotatable bonds is 3. The largest absolute Gasteiger partial charge is 0.573 e. The second kappa shape index (κ2) is 6.23. The van der Waals surface area contributed by atoms with Crippen molar-refractivity contribution in [2.75, 3.05) is 7.11 Å². The number of halogens is 5. The molecule has 0 saturated carbocycles. The Bertz CT molecular complexity index is 700. The first-order chi connectivity index (χ1) is 10.7. The van der Waals surface area contributed by atoms with E-state index in [9.17, 15) is 26.7 Å². The summed E-state index contributed by atoms with van der Waals surface area (Å²) in [5.74, 6) is -3.90. The van der Waals surface area contributed by atoms with Gasteiger partial charge >= 0.3 is 12.3 Å². The van der Waals surface area contributed by atoms with E-state index in [0.717, 1.165) is 31.4 Å². The summed E-state index contributed by atoms with van der Waals surface area (Å²) in [6.07, 6.45) is -4.83. The third-order valence-corrected chi connectivity index (χ3v) is 2.85. The lowest BCUT2D eigenvalue weighted by Gasteiger charge is -2.10. The highest BCUT2D eigenvalue weighted by molar-refractivity contribution is 5.90. The average Bonchev–Trinajstić information content (AvgIpc) is 2.45. The first-order valence-corrected chi connectivity index (χ1v) is 6.15. The van der Waals surface area contributed by atoms with E-state index in [-0.39, 0.29) is 11.1 Å². The number of esters is 1. The Morgan fingerprint density at radius 1 is 0.957 bits per heavy atom. The molecule has 0 bridgehead atoms. The maximum Gasteiger partial charge on any atom is 0.573 e.